The van der Waals surface area contributed by atoms with E-state index in [9.17, 15) is 8.42 Å². The van der Waals surface area contributed by atoms with Gasteiger partial charge in [-0.3, -0.25) is 0 Å². The zero-order chi connectivity index (χ0) is 14.9. The van der Waals surface area contributed by atoms with Crippen molar-refractivity contribution in [1.82, 2.24) is 10.5 Å². The molecule has 0 spiro atoms. The quantitative estimate of drug-likeness (QED) is 0.868. The van der Waals surface area contributed by atoms with Gasteiger partial charge in [0.1, 0.15) is 15.7 Å². The fourth-order valence-corrected chi connectivity index (χ4v) is 4.46. The third-order valence-corrected chi connectivity index (χ3v) is 6.12. The Balaban J connectivity index is 1.65. The average Bonchev–Trinajstić information content (AvgIpc) is 3.05. The van der Waals surface area contributed by atoms with E-state index in [1.165, 1.54) is 12.0 Å². The lowest BCUT2D eigenvalue weighted by molar-refractivity contribution is 0.366. The van der Waals surface area contributed by atoms with Crippen LogP contribution < -0.4 is 10.5 Å². The number of nitrogens with one attached hydrogen (secondary N) is 1. The van der Waals surface area contributed by atoms with Gasteiger partial charge in [-0.15, -0.1) is 11.3 Å². The van der Waals surface area contributed by atoms with Gasteiger partial charge in [-0.2, -0.15) is 0 Å². The molecule has 3 N–H and O–H groups in total. The maximum absolute atomic E-state index is 11.4. The maximum Gasteiger partial charge on any atom is 0.247 e. The molecular formula is C13H17N3O3S2. The number of aromatic nitrogens is 1. The lowest BCUT2D eigenvalue weighted by Gasteiger charge is -2.09. The van der Waals surface area contributed by atoms with Crippen molar-refractivity contribution in [2.45, 2.75) is 43.0 Å². The van der Waals surface area contributed by atoms with Gasteiger partial charge in [0.25, 0.3) is 0 Å². The topological polar surface area (TPSA) is 98.2 Å². The molecule has 0 saturated heterocycles. The number of thiophene rings is 1. The van der Waals surface area contributed by atoms with Gasteiger partial charge in [-0.05, 0) is 36.3 Å². The van der Waals surface area contributed by atoms with E-state index in [0.717, 1.165) is 42.1 Å². The predicted molar refractivity (Wildman–Crippen MR) is 79.4 cm³/mol. The van der Waals surface area contributed by atoms with Crippen molar-refractivity contribution < 1.29 is 12.9 Å². The van der Waals surface area contributed by atoms with Crippen LogP contribution in [0.2, 0.25) is 0 Å². The highest BCUT2D eigenvalue weighted by atomic mass is 32.2. The zero-order valence-electron chi connectivity index (χ0n) is 11.5. The van der Waals surface area contributed by atoms with Crippen molar-refractivity contribution in [1.29, 1.82) is 0 Å². The first-order valence-electron chi connectivity index (χ1n) is 6.82. The normalized spacial score (nSPS) is 15.1. The molecule has 0 amide bonds. The monoisotopic (exact) mass is 327 g/mol. The molecule has 3 rings (SSSR count). The summed E-state index contributed by atoms with van der Waals surface area (Å²) in [6, 6.07) is 1.77. The lowest BCUT2D eigenvalue weighted by atomic mass is 9.96. The van der Waals surface area contributed by atoms with Gasteiger partial charge in [0.05, 0.1) is 0 Å². The number of aryl methyl sites for hydroxylation is 1. The molecule has 2 aromatic heterocycles. The Kier molecular flexibility index (Phi) is 4.12. The highest BCUT2D eigenvalue weighted by molar-refractivity contribution is 7.91. The van der Waals surface area contributed by atoms with Crippen LogP contribution in [-0.4, -0.2) is 13.6 Å². The minimum atomic E-state index is -3.64. The number of nitrogens with zero attached hydrogens (tertiary/aromatic N) is 1. The molecule has 0 saturated carbocycles. The van der Waals surface area contributed by atoms with Crippen molar-refractivity contribution in [2.24, 2.45) is 5.14 Å². The van der Waals surface area contributed by atoms with Crippen molar-refractivity contribution in [3.63, 3.8) is 0 Å². The summed E-state index contributed by atoms with van der Waals surface area (Å²) in [6.07, 6.45) is 4.29. The molecular weight excluding hydrogens is 310 g/mol. The second-order valence-electron chi connectivity index (χ2n) is 5.12. The molecule has 1 aliphatic carbocycles. The van der Waals surface area contributed by atoms with Crippen LogP contribution in [0.1, 0.15) is 35.4 Å². The smallest absolute Gasteiger partial charge is 0.247 e. The SMILES string of the molecule is NS(=O)(=O)c1sccc1CNCc1noc2c1CCCC2. The van der Waals surface area contributed by atoms with Gasteiger partial charge in [0.2, 0.25) is 10.0 Å². The number of nitrogens with two attached hydrogens (primary N) is 1. The minimum absolute atomic E-state index is 0.220. The van der Waals surface area contributed by atoms with Crippen LogP contribution in [-0.2, 0) is 36.0 Å². The van der Waals surface area contributed by atoms with Crippen molar-refractivity contribution in [3.05, 3.63) is 34.0 Å². The first-order chi connectivity index (χ1) is 10.1. The zero-order valence-corrected chi connectivity index (χ0v) is 13.1. The summed E-state index contributed by atoms with van der Waals surface area (Å²) in [4.78, 5) is 0. The van der Waals surface area contributed by atoms with Gasteiger partial charge in [-0.1, -0.05) is 5.16 Å². The van der Waals surface area contributed by atoms with E-state index in [4.69, 9.17) is 9.66 Å². The van der Waals surface area contributed by atoms with E-state index in [2.05, 4.69) is 10.5 Å². The Morgan fingerprint density at radius 1 is 1.33 bits per heavy atom. The maximum atomic E-state index is 11.4. The van der Waals surface area contributed by atoms with Gasteiger partial charge >= 0.3 is 0 Å². The van der Waals surface area contributed by atoms with Crippen LogP contribution in [0.25, 0.3) is 0 Å². The first kappa shape index (κ1) is 14.7. The van der Waals surface area contributed by atoms with Crippen LogP contribution in [0.15, 0.2) is 20.2 Å². The van der Waals surface area contributed by atoms with Crippen LogP contribution in [0.5, 0.6) is 0 Å². The predicted octanol–water partition coefficient (Wildman–Crippen LogP) is 1.55. The number of sulfonamides is 1. The molecule has 6 nitrogen and oxygen atoms in total. The Hall–Kier alpha value is -1.22. The number of fused-ring (bicyclic) bond motifs is 1. The van der Waals surface area contributed by atoms with Crippen molar-refractivity contribution in [3.8, 4) is 0 Å². The Labute approximate surface area is 127 Å². The molecule has 0 aromatic carbocycles. The number of rotatable bonds is 5. The van der Waals surface area contributed by atoms with Crippen LogP contribution >= 0.6 is 11.3 Å². The summed E-state index contributed by atoms with van der Waals surface area (Å²) < 4.78 is 28.4. The number of hydrogen-bond donors (Lipinski definition) is 2. The van der Waals surface area contributed by atoms with E-state index in [1.54, 1.807) is 11.4 Å². The fraction of sp³-hybridized carbons (Fsp3) is 0.462. The summed E-state index contributed by atoms with van der Waals surface area (Å²) in [7, 11) is -3.64. The molecule has 1 aliphatic rings. The Bertz CT molecular complexity index is 734. The van der Waals surface area contributed by atoms with E-state index in [0.29, 0.717) is 18.7 Å². The first-order valence-corrected chi connectivity index (χ1v) is 9.24. The molecule has 0 unspecified atom stereocenters. The molecule has 0 aliphatic heterocycles. The van der Waals surface area contributed by atoms with Crippen molar-refractivity contribution >= 4 is 21.4 Å². The molecule has 0 bridgehead atoms. The molecule has 0 atom stereocenters. The van der Waals surface area contributed by atoms with E-state index in [1.807, 2.05) is 0 Å². The van der Waals surface area contributed by atoms with Crippen LogP contribution in [0.4, 0.5) is 0 Å². The summed E-state index contributed by atoms with van der Waals surface area (Å²) in [5, 5.41) is 14.2. The minimum Gasteiger partial charge on any atom is -0.361 e. The highest BCUT2D eigenvalue weighted by Crippen LogP contribution is 2.24. The van der Waals surface area contributed by atoms with Gasteiger partial charge in [-0.25, -0.2) is 13.6 Å². The third-order valence-electron chi connectivity index (χ3n) is 3.60. The van der Waals surface area contributed by atoms with Crippen molar-refractivity contribution in [2.75, 3.05) is 0 Å². The van der Waals surface area contributed by atoms with Gasteiger partial charge in [0.15, 0.2) is 0 Å². The second kappa shape index (κ2) is 5.88. The molecule has 2 heterocycles. The highest BCUT2D eigenvalue weighted by Gasteiger charge is 2.19. The Morgan fingerprint density at radius 3 is 2.95 bits per heavy atom. The van der Waals surface area contributed by atoms with Crippen LogP contribution in [0.3, 0.4) is 0 Å². The Morgan fingerprint density at radius 2 is 2.14 bits per heavy atom. The van der Waals surface area contributed by atoms with Crippen LogP contribution in [0, 0.1) is 0 Å². The molecule has 21 heavy (non-hydrogen) atoms. The third kappa shape index (κ3) is 3.18. The fourth-order valence-electron chi connectivity index (χ4n) is 2.61. The molecule has 8 heteroatoms. The molecule has 114 valence electrons. The second-order valence-corrected chi connectivity index (χ2v) is 7.79. The number of primary sulfonamides is 1. The standard InChI is InChI=1S/C13H17N3O3S2/c14-21(17,18)13-9(5-6-20-13)7-15-8-11-10-3-1-2-4-12(10)19-16-11/h5-6,15H,1-4,7-8H2,(H2,14,17,18). The summed E-state index contributed by atoms with van der Waals surface area (Å²) in [6.45, 7) is 1.01. The largest absolute Gasteiger partial charge is 0.361 e. The van der Waals surface area contributed by atoms with Gasteiger partial charge in [0, 0.05) is 25.1 Å². The molecule has 2 aromatic rings. The molecule has 0 fully saturated rings. The lowest BCUT2D eigenvalue weighted by Crippen LogP contribution is -2.18. The van der Waals surface area contributed by atoms with E-state index >= 15 is 0 Å². The summed E-state index contributed by atoms with van der Waals surface area (Å²) in [5.41, 5.74) is 2.84. The molecule has 0 radical (unpaired) electrons. The van der Waals surface area contributed by atoms with E-state index < -0.39 is 10.0 Å². The average molecular weight is 327 g/mol. The number of hydrogen-bond acceptors (Lipinski definition) is 6. The van der Waals surface area contributed by atoms with E-state index in [-0.39, 0.29) is 4.21 Å². The summed E-state index contributed by atoms with van der Waals surface area (Å²) >= 11 is 1.14. The summed E-state index contributed by atoms with van der Waals surface area (Å²) in [5.74, 6) is 0.999. The van der Waals surface area contributed by atoms with Gasteiger partial charge < -0.3 is 9.84 Å².